The van der Waals surface area contributed by atoms with Gasteiger partial charge < -0.3 is 9.80 Å². The van der Waals surface area contributed by atoms with Crippen LogP contribution in [0.2, 0.25) is 0 Å². The van der Waals surface area contributed by atoms with Crippen LogP contribution in [0.1, 0.15) is 194 Å². The Morgan fingerprint density at radius 2 is 1.04 bits per heavy atom. The number of hydrogen-bond acceptors (Lipinski definition) is 3. The Morgan fingerprint density at radius 3 is 1.63 bits per heavy atom. The molecule has 5 aliphatic rings. The Balaban J connectivity index is 1.25. The number of fused-ring (bicyclic) bond motifs is 9. The third-order valence-electron chi connectivity index (χ3n) is 18.7. The molecule has 0 fully saturated rings. The maximum absolute atomic E-state index is 9.55. The topological polar surface area (TPSA) is 6.48 Å². The lowest BCUT2D eigenvalue weighted by atomic mass is 9.35. The van der Waals surface area contributed by atoms with Crippen LogP contribution in [0, 0.1) is 6.92 Å². The third-order valence-corrected chi connectivity index (χ3v) is 19.9. The van der Waals surface area contributed by atoms with Gasteiger partial charge in [-0.1, -0.05) is 152 Å². The summed E-state index contributed by atoms with van der Waals surface area (Å²) in [6.07, 6.45) is 6.70. The molecule has 0 unspecified atom stereocenters. The highest BCUT2D eigenvalue weighted by Crippen LogP contribution is 2.56. The van der Waals surface area contributed by atoms with Gasteiger partial charge >= 0.3 is 0 Å². The van der Waals surface area contributed by atoms with Gasteiger partial charge in [-0.05, 0) is 199 Å². The summed E-state index contributed by atoms with van der Waals surface area (Å²) in [5.74, 6) is 0. The molecule has 364 valence electrons. The van der Waals surface area contributed by atoms with Crippen molar-refractivity contribution in [2.75, 3.05) is 9.80 Å². The lowest BCUT2D eigenvalue weighted by Gasteiger charge is -2.47. The standard InChI is InChI=1S/C67H77BN2S/c1-40-32-55-58-56(33-40)70(53-25-22-42(61(2,3)4)34-44(53)41-20-18-17-19-21-41)54-38-50-49(65(11,12)29-30-66(50,13)14)37-52(54)68(58)60-59(45-36-48-51(39-57(45)71-60)67(15,16)31-28-64(48,9)10)69(55)43-23-24-46-47(35-43)63(7,8)27-26-62(46,5)6/h17-25,32-39H,26-31H2,1-16H3/i17D,18D,19D,20D,21D. The second-order valence-electron chi connectivity index (χ2n) is 27.5. The molecule has 4 heteroatoms. The van der Waals surface area contributed by atoms with Crippen molar-refractivity contribution in [2.24, 2.45) is 0 Å². The largest absolute Gasteiger partial charge is 0.311 e. The summed E-state index contributed by atoms with van der Waals surface area (Å²) in [5, 5.41) is 1.32. The number of benzene rings is 6. The van der Waals surface area contributed by atoms with E-state index in [-0.39, 0.29) is 80.4 Å². The van der Waals surface area contributed by atoms with Crippen molar-refractivity contribution < 1.29 is 6.85 Å². The molecule has 12 rings (SSSR count). The summed E-state index contributed by atoms with van der Waals surface area (Å²) in [6, 6.07) is 27.6. The maximum atomic E-state index is 9.55. The fraction of sp³-hybridized carbons (Fsp3) is 0.433. The van der Waals surface area contributed by atoms with Gasteiger partial charge in [0.1, 0.15) is 0 Å². The van der Waals surface area contributed by atoms with Gasteiger partial charge in [-0.2, -0.15) is 0 Å². The highest BCUT2D eigenvalue weighted by atomic mass is 32.1. The predicted octanol–water partition coefficient (Wildman–Crippen LogP) is 17.3. The van der Waals surface area contributed by atoms with Gasteiger partial charge in [-0.3, -0.25) is 0 Å². The van der Waals surface area contributed by atoms with Crippen molar-refractivity contribution in [1.29, 1.82) is 0 Å². The van der Waals surface area contributed by atoms with E-state index in [9.17, 15) is 2.74 Å². The molecule has 3 aliphatic carbocycles. The van der Waals surface area contributed by atoms with Crippen molar-refractivity contribution in [1.82, 2.24) is 0 Å². The van der Waals surface area contributed by atoms with Crippen molar-refractivity contribution in [2.45, 2.75) is 187 Å². The van der Waals surface area contributed by atoms with Crippen LogP contribution in [0.15, 0.2) is 103 Å². The first-order chi connectivity index (χ1) is 35.3. The number of hydrogen-bond donors (Lipinski definition) is 0. The molecule has 0 N–H and O–H groups in total. The number of rotatable bonds is 3. The fourth-order valence-electron chi connectivity index (χ4n) is 13.8. The van der Waals surface area contributed by atoms with Crippen LogP contribution >= 0.6 is 11.3 Å². The van der Waals surface area contributed by atoms with E-state index in [1.54, 1.807) is 0 Å². The Morgan fingerprint density at radius 1 is 0.521 bits per heavy atom. The van der Waals surface area contributed by atoms with Crippen molar-refractivity contribution in [3.8, 4) is 11.1 Å². The molecule has 3 heterocycles. The second-order valence-corrected chi connectivity index (χ2v) is 28.6. The molecule has 2 nitrogen and oxygen atoms in total. The van der Waals surface area contributed by atoms with E-state index in [1.165, 1.54) is 76.2 Å². The fourth-order valence-corrected chi connectivity index (χ4v) is 15.1. The van der Waals surface area contributed by atoms with E-state index in [1.807, 2.05) is 11.3 Å². The molecule has 0 saturated carbocycles. The van der Waals surface area contributed by atoms with Crippen LogP contribution in [-0.4, -0.2) is 6.71 Å². The Bertz CT molecular complexity index is 3670. The van der Waals surface area contributed by atoms with E-state index in [0.717, 1.165) is 66.7 Å². The van der Waals surface area contributed by atoms with Crippen LogP contribution < -0.4 is 25.5 Å². The molecular weight excluding hydrogens is 876 g/mol. The first-order valence-corrected chi connectivity index (χ1v) is 27.5. The van der Waals surface area contributed by atoms with E-state index in [2.05, 4.69) is 193 Å². The summed E-state index contributed by atoms with van der Waals surface area (Å²) >= 11 is 1.98. The van der Waals surface area contributed by atoms with E-state index >= 15 is 0 Å². The summed E-state index contributed by atoms with van der Waals surface area (Å²) < 4.78 is 48.5. The minimum absolute atomic E-state index is 0.00608. The van der Waals surface area contributed by atoms with Gasteiger partial charge in [0.05, 0.1) is 18.2 Å². The zero-order chi connectivity index (χ0) is 54.7. The summed E-state index contributed by atoms with van der Waals surface area (Å²) in [7, 11) is 0. The molecular formula is C67H77BN2S. The quantitative estimate of drug-likeness (QED) is 0.163. The first kappa shape index (κ1) is 41.4. The average Bonchev–Trinajstić information content (AvgIpc) is 3.94. The number of aryl methyl sites for hydroxylation is 1. The number of anilines is 6. The Kier molecular flexibility index (Phi) is 8.77. The smallest absolute Gasteiger partial charge is 0.264 e. The first-order valence-electron chi connectivity index (χ1n) is 29.2. The minimum Gasteiger partial charge on any atom is -0.311 e. The molecule has 0 atom stereocenters. The SMILES string of the molecule is [2H]c1c([2H])c([2H])c(-c2cc(C(C)(C)C)ccc2N2c3cc4c(cc3B3c5sc6cc7c(cc6c5N(c5ccc6c(c5)C(C)(C)CCC6(C)C)c5cc(C)cc2c53)C(C)(C)CCC7(C)C)C(C)(C)CCC4(C)C)c([2H])c1[2H]. The second kappa shape index (κ2) is 15.0. The Labute approximate surface area is 438 Å². The molecule has 0 radical (unpaired) electrons. The molecule has 0 saturated heterocycles. The monoisotopic (exact) mass is 958 g/mol. The van der Waals surface area contributed by atoms with Crippen LogP contribution in [0.25, 0.3) is 21.2 Å². The van der Waals surface area contributed by atoms with Gasteiger partial charge in [0.15, 0.2) is 0 Å². The van der Waals surface area contributed by atoms with Crippen molar-refractivity contribution in [3.05, 3.63) is 148 Å². The molecule has 1 aromatic heterocycles. The summed E-state index contributed by atoms with van der Waals surface area (Å²) in [5.41, 5.74) is 20.3. The molecule has 0 spiro atoms. The summed E-state index contributed by atoms with van der Waals surface area (Å²) in [4.78, 5) is 5.09. The van der Waals surface area contributed by atoms with Crippen LogP contribution in [0.4, 0.5) is 34.1 Å². The molecule has 0 amide bonds. The van der Waals surface area contributed by atoms with Crippen LogP contribution in [-0.2, 0) is 37.9 Å². The lowest BCUT2D eigenvalue weighted by molar-refractivity contribution is 0.332. The highest BCUT2D eigenvalue weighted by Gasteiger charge is 2.49. The maximum Gasteiger partial charge on any atom is 0.264 e. The van der Waals surface area contributed by atoms with E-state index in [4.69, 9.17) is 4.11 Å². The highest BCUT2D eigenvalue weighted by molar-refractivity contribution is 7.33. The minimum atomic E-state index is -0.385. The predicted molar refractivity (Wildman–Crippen MR) is 311 cm³/mol. The van der Waals surface area contributed by atoms with Gasteiger partial charge in [-0.15, -0.1) is 11.3 Å². The Hall–Kier alpha value is -5.06. The molecule has 71 heavy (non-hydrogen) atoms. The van der Waals surface area contributed by atoms with Gasteiger partial charge in [-0.25, -0.2) is 0 Å². The van der Waals surface area contributed by atoms with E-state index in [0.29, 0.717) is 5.56 Å². The summed E-state index contributed by atoms with van der Waals surface area (Å²) in [6.45, 7) is 37.8. The molecule has 6 aromatic carbocycles. The van der Waals surface area contributed by atoms with Crippen LogP contribution in [0.3, 0.4) is 0 Å². The molecule has 0 bridgehead atoms. The van der Waals surface area contributed by atoms with Gasteiger partial charge in [0.25, 0.3) is 6.71 Å². The average molecular weight is 958 g/mol. The van der Waals surface area contributed by atoms with Crippen molar-refractivity contribution >= 4 is 78.0 Å². The zero-order valence-electron chi connectivity index (χ0n) is 50.6. The normalized spacial score (nSPS) is 21.4. The molecule has 7 aromatic rings. The van der Waals surface area contributed by atoms with Crippen LogP contribution in [0.5, 0.6) is 0 Å². The van der Waals surface area contributed by atoms with Gasteiger partial charge in [0.2, 0.25) is 0 Å². The zero-order valence-corrected chi connectivity index (χ0v) is 46.4. The van der Waals surface area contributed by atoms with E-state index < -0.39 is 0 Å². The van der Waals surface area contributed by atoms with Crippen molar-refractivity contribution in [3.63, 3.8) is 0 Å². The third kappa shape index (κ3) is 6.98. The number of thiophene rings is 1. The number of nitrogens with zero attached hydrogens (tertiary/aromatic N) is 2. The lowest BCUT2D eigenvalue weighted by Crippen LogP contribution is -2.61. The van der Waals surface area contributed by atoms with Gasteiger partial charge in [0, 0.05) is 43.2 Å². The molecule has 2 aliphatic heterocycles.